The zero-order chi connectivity index (χ0) is 16.7. The van der Waals surface area contributed by atoms with E-state index in [0.29, 0.717) is 16.9 Å². The van der Waals surface area contributed by atoms with Gasteiger partial charge in [-0.05, 0) is 41.3 Å². The normalized spacial score (nSPS) is 14.0. The van der Waals surface area contributed by atoms with Crippen LogP contribution in [0.2, 0.25) is 0 Å². The number of hydrogen-bond acceptors (Lipinski definition) is 4. The summed E-state index contributed by atoms with van der Waals surface area (Å²) in [4.78, 5) is 29.2. The summed E-state index contributed by atoms with van der Waals surface area (Å²) in [6.45, 7) is 2.36. The van der Waals surface area contributed by atoms with Crippen LogP contribution in [0.15, 0.2) is 40.5 Å². The molecule has 1 amide bonds. The first-order chi connectivity index (χ1) is 11.6. The molecule has 2 N–H and O–H groups in total. The topological polar surface area (TPSA) is 65.2 Å². The summed E-state index contributed by atoms with van der Waals surface area (Å²) in [5, 5.41) is 5.53. The molecule has 0 unspecified atom stereocenters. The highest BCUT2D eigenvalue weighted by Gasteiger charge is 2.16. The Kier molecular flexibility index (Phi) is 3.70. The van der Waals surface area contributed by atoms with Crippen LogP contribution < -0.4 is 10.9 Å². The van der Waals surface area contributed by atoms with Crippen molar-refractivity contribution < 1.29 is 4.79 Å². The number of pyridine rings is 1. The highest BCUT2D eigenvalue weighted by molar-refractivity contribution is 7.17. The van der Waals surface area contributed by atoms with E-state index < -0.39 is 0 Å². The molecule has 1 aliphatic heterocycles. The average Bonchev–Trinajstić information content (AvgIpc) is 3.17. The molecular formula is C18H17N3O2S. The molecule has 0 radical (unpaired) electrons. The van der Waals surface area contributed by atoms with Crippen LogP contribution in [0.5, 0.6) is 0 Å². The van der Waals surface area contributed by atoms with Gasteiger partial charge in [0.25, 0.3) is 11.5 Å². The standard InChI is InChI=1S/C18H17N3O2S/c1-21-9-13-3-2-11(6-14(13)10-21)8-19-17(22)15-7-12-4-5-24-16(12)18(23)20-15/h2-7H,8-10H2,1H3,(H,19,22)(H,20,23). The molecule has 0 atom stereocenters. The van der Waals surface area contributed by atoms with E-state index in [4.69, 9.17) is 0 Å². The molecule has 6 heteroatoms. The Hall–Kier alpha value is -2.44. The second-order valence-electron chi connectivity index (χ2n) is 6.18. The van der Waals surface area contributed by atoms with Crippen molar-refractivity contribution in [3.8, 4) is 0 Å². The third kappa shape index (κ3) is 2.74. The molecule has 0 saturated heterocycles. The molecule has 4 rings (SSSR count). The molecule has 0 fully saturated rings. The van der Waals surface area contributed by atoms with Gasteiger partial charge >= 0.3 is 0 Å². The molecule has 2 aromatic heterocycles. The molecule has 0 bridgehead atoms. The lowest BCUT2D eigenvalue weighted by Crippen LogP contribution is -2.26. The second-order valence-corrected chi connectivity index (χ2v) is 7.09. The van der Waals surface area contributed by atoms with Crippen molar-refractivity contribution in [1.29, 1.82) is 0 Å². The van der Waals surface area contributed by atoms with Gasteiger partial charge in [0.1, 0.15) is 5.69 Å². The Labute approximate surface area is 142 Å². The minimum absolute atomic E-state index is 0.215. The second kappa shape index (κ2) is 5.89. The van der Waals surface area contributed by atoms with Crippen LogP contribution in [0.1, 0.15) is 27.2 Å². The van der Waals surface area contributed by atoms with Crippen molar-refractivity contribution in [1.82, 2.24) is 15.2 Å². The number of hydrogen-bond donors (Lipinski definition) is 2. The third-order valence-electron chi connectivity index (χ3n) is 4.30. The van der Waals surface area contributed by atoms with Gasteiger partial charge in [0.2, 0.25) is 0 Å². The largest absolute Gasteiger partial charge is 0.347 e. The fourth-order valence-electron chi connectivity index (χ4n) is 3.12. The highest BCUT2D eigenvalue weighted by Crippen LogP contribution is 2.22. The van der Waals surface area contributed by atoms with Gasteiger partial charge in [-0.25, -0.2) is 0 Å². The number of benzene rings is 1. The van der Waals surface area contributed by atoms with Gasteiger partial charge in [-0.3, -0.25) is 14.5 Å². The molecule has 0 aliphatic carbocycles. The maximum atomic E-state index is 12.3. The highest BCUT2D eigenvalue weighted by atomic mass is 32.1. The van der Waals surface area contributed by atoms with Crippen LogP contribution in [-0.2, 0) is 19.6 Å². The molecular weight excluding hydrogens is 322 g/mol. The van der Waals surface area contributed by atoms with Gasteiger partial charge in [-0.15, -0.1) is 11.3 Å². The molecule has 1 aromatic carbocycles. The van der Waals surface area contributed by atoms with Gasteiger partial charge in [0.15, 0.2) is 0 Å². The Bertz CT molecular complexity index is 989. The SMILES string of the molecule is CN1Cc2ccc(CNC(=O)c3cc4ccsc4c(=O)[nH]3)cc2C1. The van der Waals surface area contributed by atoms with Crippen molar-refractivity contribution in [2.24, 2.45) is 0 Å². The number of aromatic nitrogens is 1. The molecule has 1 aliphatic rings. The van der Waals surface area contributed by atoms with E-state index in [0.717, 1.165) is 24.0 Å². The van der Waals surface area contributed by atoms with E-state index >= 15 is 0 Å². The van der Waals surface area contributed by atoms with Gasteiger partial charge < -0.3 is 10.3 Å². The lowest BCUT2D eigenvalue weighted by molar-refractivity contribution is 0.0946. The lowest BCUT2D eigenvalue weighted by atomic mass is 10.1. The summed E-state index contributed by atoms with van der Waals surface area (Å²) in [5.41, 5.74) is 3.81. The lowest BCUT2D eigenvalue weighted by Gasteiger charge is -2.07. The summed E-state index contributed by atoms with van der Waals surface area (Å²) in [6, 6.07) is 9.88. The van der Waals surface area contributed by atoms with Crippen LogP contribution in [0, 0.1) is 0 Å². The minimum atomic E-state index is -0.266. The first-order valence-electron chi connectivity index (χ1n) is 7.78. The summed E-state index contributed by atoms with van der Waals surface area (Å²) < 4.78 is 0.647. The van der Waals surface area contributed by atoms with E-state index in [-0.39, 0.29) is 11.5 Å². The summed E-state index contributed by atoms with van der Waals surface area (Å²) >= 11 is 1.38. The third-order valence-corrected chi connectivity index (χ3v) is 5.23. The number of nitrogens with one attached hydrogen (secondary N) is 2. The number of thiophene rings is 1. The van der Waals surface area contributed by atoms with Crippen molar-refractivity contribution >= 4 is 27.3 Å². The van der Waals surface area contributed by atoms with E-state index in [1.165, 1.54) is 22.5 Å². The van der Waals surface area contributed by atoms with Gasteiger partial charge in [-0.1, -0.05) is 18.2 Å². The summed E-state index contributed by atoms with van der Waals surface area (Å²) in [7, 11) is 2.10. The van der Waals surface area contributed by atoms with E-state index in [2.05, 4.69) is 34.4 Å². The molecule has 5 nitrogen and oxygen atoms in total. The molecule has 0 spiro atoms. The number of aromatic amines is 1. The first-order valence-corrected chi connectivity index (χ1v) is 8.66. The van der Waals surface area contributed by atoms with Gasteiger partial charge in [0.05, 0.1) is 4.70 Å². The molecule has 3 heterocycles. The first kappa shape index (κ1) is 15.1. The van der Waals surface area contributed by atoms with E-state index in [1.807, 2.05) is 17.5 Å². The van der Waals surface area contributed by atoms with Crippen LogP contribution in [0.3, 0.4) is 0 Å². The fourth-order valence-corrected chi connectivity index (χ4v) is 3.89. The number of carbonyl (C=O) groups is 1. The number of nitrogens with zero attached hydrogens (tertiary/aromatic N) is 1. The smallest absolute Gasteiger partial charge is 0.268 e. The maximum Gasteiger partial charge on any atom is 0.268 e. The number of amides is 1. The molecule has 122 valence electrons. The summed E-state index contributed by atoms with van der Waals surface area (Å²) in [6.07, 6.45) is 0. The zero-order valence-corrected chi connectivity index (χ0v) is 14.1. The number of fused-ring (bicyclic) bond motifs is 2. The van der Waals surface area contributed by atoms with E-state index in [9.17, 15) is 9.59 Å². The zero-order valence-electron chi connectivity index (χ0n) is 13.3. The maximum absolute atomic E-state index is 12.3. The van der Waals surface area contributed by atoms with E-state index in [1.54, 1.807) is 6.07 Å². The quantitative estimate of drug-likeness (QED) is 0.770. The molecule has 24 heavy (non-hydrogen) atoms. The minimum Gasteiger partial charge on any atom is -0.347 e. The van der Waals surface area contributed by atoms with Gasteiger partial charge in [-0.2, -0.15) is 0 Å². The average molecular weight is 339 g/mol. The molecule has 3 aromatic rings. The van der Waals surface area contributed by atoms with Crippen molar-refractivity contribution in [3.05, 3.63) is 68.4 Å². The molecule has 0 saturated carbocycles. The Morgan fingerprint density at radius 2 is 2.08 bits per heavy atom. The van der Waals surface area contributed by atoms with Crippen molar-refractivity contribution in [2.75, 3.05) is 7.05 Å². The predicted molar refractivity (Wildman–Crippen MR) is 95.2 cm³/mol. The van der Waals surface area contributed by atoms with Crippen LogP contribution >= 0.6 is 11.3 Å². The van der Waals surface area contributed by atoms with Crippen LogP contribution in [-0.4, -0.2) is 22.8 Å². The Balaban J connectivity index is 1.50. The van der Waals surface area contributed by atoms with Gasteiger partial charge in [0, 0.05) is 25.0 Å². The van der Waals surface area contributed by atoms with Crippen molar-refractivity contribution in [2.45, 2.75) is 19.6 Å². The monoisotopic (exact) mass is 339 g/mol. The summed E-state index contributed by atoms with van der Waals surface area (Å²) in [5.74, 6) is -0.266. The van der Waals surface area contributed by atoms with Crippen molar-refractivity contribution in [3.63, 3.8) is 0 Å². The number of rotatable bonds is 3. The number of carbonyl (C=O) groups excluding carboxylic acids is 1. The number of H-pyrrole nitrogens is 1. The van der Waals surface area contributed by atoms with Crippen LogP contribution in [0.4, 0.5) is 0 Å². The fraction of sp³-hybridized carbons (Fsp3) is 0.222. The Morgan fingerprint density at radius 1 is 1.25 bits per heavy atom. The predicted octanol–water partition coefficient (Wildman–Crippen LogP) is 2.47. The van der Waals surface area contributed by atoms with Crippen LogP contribution in [0.25, 0.3) is 10.1 Å². The Morgan fingerprint density at radius 3 is 2.96 bits per heavy atom.